The van der Waals surface area contributed by atoms with Gasteiger partial charge in [0.2, 0.25) is 0 Å². The van der Waals surface area contributed by atoms with Gasteiger partial charge in [-0.3, -0.25) is 0 Å². The average molecular weight is 352 g/mol. The van der Waals surface area contributed by atoms with Crippen molar-refractivity contribution in [2.75, 3.05) is 26.2 Å². The smallest absolute Gasteiger partial charge is 0.168 e. The summed E-state index contributed by atoms with van der Waals surface area (Å²) >= 11 is 0. The topological polar surface area (TPSA) is 21.7 Å². The molecule has 1 spiro atoms. The third-order valence-electron chi connectivity index (χ3n) is 7.39. The van der Waals surface area contributed by atoms with Gasteiger partial charge in [-0.15, -0.1) is 0 Å². The van der Waals surface area contributed by atoms with Gasteiger partial charge >= 0.3 is 0 Å². The number of nitrogens with zero attached hydrogens (tertiary/aromatic N) is 1. The lowest BCUT2D eigenvalue weighted by atomic mass is 9.68. The van der Waals surface area contributed by atoms with Gasteiger partial charge in [0.25, 0.3) is 0 Å². The Hall–Kier alpha value is -0.120. The molecule has 1 saturated carbocycles. The predicted molar refractivity (Wildman–Crippen MR) is 104 cm³/mol. The van der Waals surface area contributed by atoms with Gasteiger partial charge < -0.3 is 14.4 Å². The molecule has 0 radical (unpaired) electrons. The van der Waals surface area contributed by atoms with Gasteiger partial charge in [0, 0.05) is 32.5 Å². The summed E-state index contributed by atoms with van der Waals surface area (Å²) in [5.41, 5.74) is 0.460. The lowest BCUT2D eigenvalue weighted by molar-refractivity contribution is -0.197. The zero-order chi connectivity index (χ0) is 18.1. The molecule has 0 N–H and O–H groups in total. The number of hydrogen-bond acceptors (Lipinski definition) is 3. The second-order valence-electron chi connectivity index (χ2n) is 10.1. The second kappa shape index (κ2) is 7.86. The molecule has 2 heterocycles. The molecule has 3 heteroatoms. The Balaban J connectivity index is 1.43. The number of rotatable bonds is 5. The van der Waals surface area contributed by atoms with Crippen molar-refractivity contribution in [3.05, 3.63) is 0 Å². The molecular weight excluding hydrogens is 310 g/mol. The summed E-state index contributed by atoms with van der Waals surface area (Å²) in [6.07, 6.45) is 8.79. The fourth-order valence-electron chi connectivity index (χ4n) is 5.45. The quantitative estimate of drug-likeness (QED) is 0.688. The first-order valence-corrected chi connectivity index (χ1v) is 10.9. The Morgan fingerprint density at radius 1 is 1.08 bits per heavy atom. The first kappa shape index (κ1) is 19.6. The van der Waals surface area contributed by atoms with E-state index in [0.717, 1.165) is 43.6 Å². The largest absolute Gasteiger partial charge is 0.347 e. The third-order valence-corrected chi connectivity index (χ3v) is 7.39. The maximum atomic E-state index is 6.48. The zero-order valence-electron chi connectivity index (χ0n) is 17.4. The van der Waals surface area contributed by atoms with E-state index in [1.54, 1.807) is 0 Å². The van der Waals surface area contributed by atoms with E-state index in [0.29, 0.717) is 11.5 Å². The fourth-order valence-corrected chi connectivity index (χ4v) is 5.45. The molecule has 0 amide bonds. The van der Waals surface area contributed by atoms with E-state index in [1.165, 1.54) is 45.3 Å². The van der Waals surface area contributed by atoms with Crippen molar-refractivity contribution in [3.63, 3.8) is 0 Å². The van der Waals surface area contributed by atoms with Crippen LogP contribution in [0.3, 0.4) is 0 Å². The van der Waals surface area contributed by atoms with Crippen LogP contribution < -0.4 is 0 Å². The van der Waals surface area contributed by atoms with E-state index >= 15 is 0 Å². The summed E-state index contributed by atoms with van der Waals surface area (Å²) in [4.78, 5) is 2.65. The molecule has 25 heavy (non-hydrogen) atoms. The minimum absolute atomic E-state index is 0.243. The average Bonchev–Trinajstić information content (AvgIpc) is 2.95. The minimum Gasteiger partial charge on any atom is -0.347 e. The summed E-state index contributed by atoms with van der Waals surface area (Å²) < 4.78 is 12.7. The SMILES string of the molecule is CCC(C)(C)C1CCC2(CC1)OCC(CCN1CC(C)CC(C)C1)O2. The molecule has 0 bridgehead atoms. The molecule has 3 fully saturated rings. The molecule has 3 aliphatic rings. The zero-order valence-corrected chi connectivity index (χ0v) is 17.4. The highest BCUT2D eigenvalue weighted by molar-refractivity contribution is 4.90. The van der Waals surface area contributed by atoms with Crippen LogP contribution in [-0.2, 0) is 9.47 Å². The van der Waals surface area contributed by atoms with Gasteiger partial charge in [-0.2, -0.15) is 0 Å². The maximum absolute atomic E-state index is 6.48. The lowest BCUT2D eigenvalue weighted by Crippen LogP contribution is -2.41. The normalized spacial score (nSPS) is 40.7. The first-order chi connectivity index (χ1) is 11.8. The van der Waals surface area contributed by atoms with Crippen molar-refractivity contribution >= 4 is 0 Å². The maximum Gasteiger partial charge on any atom is 0.168 e. The van der Waals surface area contributed by atoms with Crippen LogP contribution in [0.5, 0.6) is 0 Å². The molecule has 146 valence electrons. The van der Waals surface area contributed by atoms with Crippen LogP contribution >= 0.6 is 0 Å². The molecule has 3 rings (SSSR count). The van der Waals surface area contributed by atoms with Crippen LogP contribution in [0.1, 0.15) is 79.6 Å². The second-order valence-corrected chi connectivity index (χ2v) is 10.1. The molecule has 0 aromatic carbocycles. The summed E-state index contributed by atoms with van der Waals surface area (Å²) in [6, 6.07) is 0. The van der Waals surface area contributed by atoms with E-state index in [1.807, 2.05) is 0 Å². The van der Waals surface area contributed by atoms with Crippen LogP contribution in [-0.4, -0.2) is 43.0 Å². The summed E-state index contributed by atoms with van der Waals surface area (Å²) in [5, 5.41) is 0. The van der Waals surface area contributed by atoms with E-state index < -0.39 is 0 Å². The van der Waals surface area contributed by atoms with Gasteiger partial charge in [-0.25, -0.2) is 0 Å². The first-order valence-electron chi connectivity index (χ1n) is 10.9. The summed E-state index contributed by atoms with van der Waals surface area (Å²) in [6.45, 7) is 16.5. The van der Waals surface area contributed by atoms with E-state index in [2.05, 4.69) is 39.5 Å². The van der Waals surface area contributed by atoms with Crippen LogP contribution in [0.15, 0.2) is 0 Å². The Bertz CT molecular complexity index is 418. The Morgan fingerprint density at radius 2 is 1.72 bits per heavy atom. The van der Waals surface area contributed by atoms with E-state index in [4.69, 9.17) is 9.47 Å². The fraction of sp³-hybridized carbons (Fsp3) is 1.00. The van der Waals surface area contributed by atoms with Crippen LogP contribution in [0.2, 0.25) is 0 Å². The molecular formula is C22H41NO2. The van der Waals surface area contributed by atoms with Gasteiger partial charge in [0.05, 0.1) is 12.7 Å². The molecule has 0 aromatic rings. The van der Waals surface area contributed by atoms with Gasteiger partial charge in [0.15, 0.2) is 5.79 Å². The number of ether oxygens (including phenoxy) is 2. The van der Waals surface area contributed by atoms with Gasteiger partial charge in [0.1, 0.15) is 0 Å². The Kier molecular flexibility index (Phi) is 6.17. The van der Waals surface area contributed by atoms with E-state index in [-0.39, 0.29) is 5.79 Å². The summed E-state index contributed by atoms with van der Waals surface area (Å²) in [5.74, 6) is 2.26. The van der Waals surface area contributed by atoms with Crippen molar-refractivity contribution in [2.45, 2.75) is 91.5 Å². The molecule has 1 aliphatic carbocycles. The van der Waals surface area contributed by atoms with Crippen molar-refractivity contribution in [3.8, 4) is 0 Å². The third kappa shape index (κ3) is 4.78. The highest BCUT2D eigenvalue weighted by atomic mass is 16.7. The van der Waals surface area contributed by atoms with Gasteiger partial charge in [-0.05, 0) is 48.9 Å². The van der Waals surface area contributed by atoms with Crippen molar-refractivity contribution in [1.82, 2.24) is 4.90 Å². The number of likely N-dealkylation sites (tertiary alicyclic amines) is 1. The molecule has 3 atom stereocenters. The minimum atomic E-state index is -0.243. The summed E-state index contributed by atoms with van der Waals surface area (Å²) in [7, 11) is 0. The van der Waals surface area contributed by atoms with Crippen molar-refractivity contribution in [1.29, 1.82) is 0 Å². The molecule has 2 saturated heterocycles. The van der Waals surface area contributed by atoms with Crippen LogP contribution in [0, 0.1) is 23.2 Å². The number of piperidine rings is 1. The van der Waals surface area contributed by atoms with E-state index in [9.17, 15) is 0 Å². The monoisotopic (exact) mass is 351 g/mol. The highest BCUT2D eigenvalue weighted by Crippen LogP contribution is 2.47. The molecule has 0 aromatic heterocycles. The number of hydrogen-bond donors (Lipinski definition) is 0. The van der Waals surface area contributed by atoms with Crippen LogP contribution in [0.4, 0.5) is 0 Å². The van der Waals surface area contributed by atoms with Crippen molar-refractivity contribution in [2.24, 2.45) is 23.2 Å². The van der Waals surface area contributed by atoms with Crippen molar-refractivity contribution < 1.29 is 9.47 Å². The Labute approximate surface area is 155 Å². The van der Waals surface area contributed by atoms with Crippen LogP contribution in [0.25, 0.3) is 0 Å². The molecule has 2 aliphatic heterocycles. The predicted octanol–water partition coefficient (Wildman–Crippen LogP) is 5.09. The highest BCUT2D eigenvalue weighted by Gasteiger charge is 2.46. The Morgan fingerprint density at radius 3 is 2.32 bits per heavy atom. The lowest BCUT2D eigenvalue weighted by Gasteiger charge is -2.42. The molecule has 3 unspecified atom stereocenters. The van der Waals surface area contributed by atoms with Gasteiger partial charge in [-0.1, -0.05) is 41.0 Å². The standard InChI is InChI=1S/C22H41NO2/c1-6-21(4,5)19-7-10-22(11-8-19)24-16-20(25-22)9-12-23-14-17(2)13-18(3)15-23/h17-20H,6-16H2,1-5H3. The molecule has 3 nitrogen and oxygen atoms in total.